The Kier molecular flexibility index (Phi) is 14.2. The van der Waals surface area contributed by atoms with Gasteiger partial charge in [0.15, 0.2) is 5.75 Å². The van der Waals surface area contributed by atoms with E-state index in [2.05, 4.69) is 6.92 Å². The molecule has 0 atom stereocenters. The van der Waals surface area contributed by atoms with E-state index < -0.39 is 20.8 Å². The van der Waals surface area contributed by atoms with Crippen LogP contribution in [0.15, 0.2) is 47.4 Å². The Morgan fingerprint density at radius 1 is 0.844 bits per heavy atom. The Hall–Kier alpha value is -1.05. The predicted octanol–water partition coefficient (Wildman–Crippen LogP) is 3.66. The quantitative estimate of drug-likeness (QED) is 0.244. The second-order valence-electron chi connectivity index (χ2n) is 8.09. The van der Waals surface area contributed by atoms with Crippen LogP contribution in [-0.2, 0) is 16.5 Å². The van der Waals surface area contributed by atoms with Crippen LogP contribution in [0, 0.1) is 0 Å². The van der Waals surface area contributed by atoms with Gasteiger partial charge in [-0.1, -0.05) is 95.4 Å². The second-order valence-corrected chi connectivity index (χ2v) is 9.48. The maximum absolute atomic E-state index is 12.0. The molecule has 0 amide bonds. The van der Waals surface area contributed by atoms with Crippen LogP contribution in [0.4, 0.5) is 0 Å². The minimum absolute atomic E-state index is 0. The number of aryl methyl sites for hydroxylation is 1. The monoisotopic (exact) mass is 470 g/mol. The summed E-state index contributed by atoms with van der Waals surface area (Å²) in [7, 11) is -4.58. The van der Waals surface area contributed by atoms with Crippen molar-refractivity contribution in [3.8, 4) is 17.2 Å². The summed E-state index contributed by atoms with van der Waals surface area (Å²) in [6.45, 7) is 2.23. The minimum Gasteiger partial charge on any atom is -0.872 e. The molecule has 0 aliphatic carbocycles. The third-order valence-electron chi connectivity index (χ3n) is 5.40. The molecule has 7 heteroatoms. The van der Waals surface area contributed by atoms with Crippen molar-refractivity contribution in [1.29, 1.82) is 0 Å². The number of rotatable bonds is 15. The number of unbranched alkanes of at least 4 members (excludes halogenated alkanes) is 10. The standard InChI is InChI=1S/C25H36O5S.Na/c1-2-3-4-5-6-7-8-9-10-11-13-16-21-19-22(26)20-24(31(27,28)29)25(21)30-23-17-14-12-15-18-23;/h12,14-15,17-20,26H,2-11,13,16H2,1H3,(H,27,28,29);/q;+1/p-1. The number of para-hydroxylation sites is 1. The van der Waals surface area contributed by atoms with E-state index in [1.807, 2.05) is 6.07 Å². The maximum Gasteiger partial charge on any atom is 1.00 e. The van der Waals surface area contributed by atoms with Gasteiger partial charge in [-0.15, -0.1) is 5.75 Å². The molecule has 0 fully saturated rings. The van der Waals surface area contributed by atoms with Gasteiger partial charge in [-0.05, 0) is 36.6 Å². The van der Waals surface area contributed by atoms with Crippen LogP contribution in [0.2, 0.25) is 0 Å². The number of benzene rings is 2. The maximum atomic E-state index is 12.0. The molecule has 32 heavy (non-hydrogen) atoms. The normalized spacial score (nSPS) is 11.2. The molecule has 0 saturated heterocycles. The largest absolute Gasteiger partial charge is 1.00 e. The molecule has 5 nitrogen and oxygen atoms in total. The Labute approximate surface area is 215 Å². The van der Waals surface area contributed by atoms with Crippen molar-refractivity contribution in [3.05, 3.63) is 48.0 Å². The van der Waals surface area contributed by atoms with Gasteiger partial charge in [0.2, 0.25) is 0 Å². The van der Waals surface area contributed by atoms with E-state index in [-0.39, 0.29) is 35.3 Å². The van der Waals surface area contributed by atoms with Crippen LogP contribution >= 0.6 is 0 Å². The molecular formula is C25H35NaO5S. The van der Waals surface area contributed by atoms with Crippen molar-refractivity contribution in [1.82, 2.24) is 0 Å². The van der Waals surface area contributed by atoms with Crippen molar-refractivity contribution in [2.45, 2.75) is 88.9 Å². The number of ether oxygens (including phenoxy) is 1. The minimum atomic E-state index is -4.58. The Bertz CT molecular complexity index is 885. The molecule has 0 aliphatic heterocycles. The average molecular weight is 471 g/mol. The zero-order chi connectivity index (χ0) is 22.5. The molecule has 0 radical (unpaired) electrons. The van der Waals surface area contributed by atoms with Gasteiger partial charge in [-0.3, -0.25) is 4.55 Å². The zero-order valence-corrected chi connectivity index (χ0v) is 22.3. The third-order valence-corrected chi connectivity index (χ3v) is 6.26. The van der Waals surface area contributed by atoms with E-state index in [0.717, 1.165) is 25.3 Å². The third kappa shape index (κ3) is 10.7. The van der Waals surface area contributed by atoms with Gasteiger partial charge < -0.3 is 9.84 Å². The van der Waals surface area contributed by atoms with Crippen molar-refractivity contribution < 1.29 is 52.4 Å². The molecule has 0 heterocycles. The first-order valence-corrected chi connectivity index (χ1v) is 12.9. The van der Waals surface area contributed by atoms with Gasteiger partial charge in [0, 0.05) is 0 Å². The Morgan fingerprint density at radius 3 is 1.91 bits per heavy atom. The SMILES string of the molecule is CCCCCCCCCCCCCc1cc([O-])cc(S(=O)(=O)O)c1Oc1ccccc1.[Na+]. The molecule has 2 aromatic carbocycles. The molecule has 0 bridgehead atoms. The fourth-order valence-electron chi connectivity index (χ4n) is 3.71. The van der Waals surface area contributed by atoms with Crippen LogP contribution in [0.25, 0.3) is 0 Å². The van der Waals surface area contributed by atoms with Crippen molar-refractivity contribution in [3.63, 3.8) is 0 Å². The Balaban J connectivity index is 0.00000512. The first-order valence-electron chi connectivity index (χ1n) is 11.5. The molecule has 0 aliphatic rings. The molecule has 0 spiro atoms. The molecule has 172 valence electrons. The van der Waals surface area contributed by atoms with E-state index in [9.17, 15) is 18.1 Å². The summed E-state index contributed by atoms with van der Waals surface area (Å²) in [5.74, 6) is 0.0396. The van der Waals surface area contributed by atoms with E-state index >= 15 is 0 Å². The molecule has 0 saturated carbocycles. The number of hydrogen-bond acceptors (Lipinski definition) is 4. The summed E-state index contributed by atoms with van der Waals surface area (Å²) in [5.41, 5.74) is 0.514. The summed E-state index contributed by atoms with van der Waals surface area (Å²) in [6, 6.07) is 11.1. The van der Waals surface area contributed by atoms with E-state index in [1.54, 1.807) is 24.3 Å². The fourth-order valence-corrected chi connectivity index (χ4v) is 4.38. The van der Waals surface area contributed by atoms with Gasteiger partial charge in [0.1, 0.15) is 10.6 Å². The van der Waals surface area contributed by atoms with Crippen molar-refractivity contribution in [2.75, 3.05) is 0 Å². The topological polar surface area (TPSA) is 86.7 Å². The molecule has 2 rings (SSSR count). The van der Waals surface area contributed by atoms with Gasteiger partial charge in [-0.2, -0.15) is 8.42 Å². The zero-order valence-electron chi connectivity index (χ0n) is 19.5. The molecule has 0 aromatic heterocycles. The summed E-state index contributed by atoms with van der Waals surface area (Å²) < 4.78 is 39.1. The second kappa shape index (κ2) is 15.7. The molecular weight excluding hydrogens is 435 g/mol. The average Bonchev–Trinajstić information content (AvgIpc) is 2.73. The summed E-state index contributed by atoms with van der Waals surface area (Å²) >= 11 is 0. The van der Waals surface area contributed by atoms with Crippen LogP contribution in [0.1, 0.15) is 83.1 Å². The van der Waals surface area contributed by atoms with Crippen molar-refractivity contribution in [2.24, 2.45) is 0 Å². The summed E-state index contributed by atoms with van der Waals surface area (Å²) in [5, 5.41) is 12.0. The van der Waals surface area contributed by atoms with Crippen LogP contribution in [0.3, 0.4) is 0 Å². The van der Waals surface area contributed by atoms with E-state index in [4.69, 9.17) is 4.74 Å². The van der Waals surface area contributed by atoms with Crippen LogP contribution < -0.4 is 39.4 Å². The van der Waals surface area contributed by atoms with Crippen molar-refractivity contribution >= 4 is 10.1 Å². The predicted molar refractivity (Wildman–Crippen MR) is 122 cm³/mol. The van der Waals surface area contributed by atoms with Gasteiger partial charge in [-0.25, -0.2) is 0 Å². The van der Waals surface area contributed by atoms with Gasteiger partial charge >= 0.3 is 29.6 Å². The number of hydrogen-bond donors (Lipinski definition) is 1. The van der Waals surface area contributed by atoms with Crippen LogP contribution in [0.5, 0.6) is 17.2 Å². The first kappa shape index (κ1) is 29.0. The molecule has 2 aromatic rings. The van der Waals surface area contributed by atoms with Crippen LogP contribution in [-0.4, -0.2) is 13.0 Å². The summed E-state index contributed by atoms with van der Waals surface area (Å²) in [4.78, 5) is -0.470. The smallest absolute Gasteiger partial charge is 0.872 e. The van der Waals surface area contributed by atoms with Gasteiger partial charge in [0.05, 0.1) is 0 Å². The fraction of sp³-hybridized carbons (Fsp3) is 0.520. The molecule has 1 N–H and O–H groups in total. The van der Waals surface area contributed by atoms with Gasteiger partial charge in [0.25, 0.3) is 10.1 Å². The first-order chi connectivity index (χ1) is 14.9. The van der Waals surface area contributed by atoms with E-state index in [1.165, 1.54) is 57.4 Å². The molecule has 0 unspecified atom stereocenters. The summed E-state index contributed by atoms with van der Waals surface area (Å²) in [6.07, 6.45) is 13.8. The van der Waals surface area contributed by atoms with E-state index in [0.29, 0.717) is 17.7 Å². The Morgan fingerprint density at radius 2 is 1.38 bits per heavy atom.